The zero-order chi connectivity index (χ0) is 15.2. The van der Waals surface area contributed by atoms with Gasteiger partial charge in [0.2, 0.25) is 0 Å². The summed E-state index contributed by atoms with van der Waals surface area (Å²) in [6.07, 6.45) is 1.99. The number of phenolic OH excluding ortho intramolecular Hbond substituents is 1. The highest BCUT2D eigenvalue weighted by Gasteiger charge is 2.05. The number of aromatic hydroxyl groups is 1. The van der Waals surface area contributed by atoms with Crippen molar-refractivity contribution in [3.8, 4) is 5.75 Å². The Labute approximate surface area is 125 Å². The highest BCUT2D eigenvalue weighted by molar-refractivity contribution is 5.27. The number of hydrogen-bond donors (Lipinski definition) is 2. The molecule has 0 bridgehead atoms. The van der Waals surface area contributed by atoms with Crippen LogP contribution in [0.4, 0.5) is 4.39 Å². The van der Waals surface area contributed by atoms with Crippen molar-refractivity contribution in [3.63, 3.8) is 0 Å². The fraction of sp³-hybridized carbons (Fsp3) is 0.333. The van der Waals surface area contributed by atoms with E-state index < -0.39 is 0 Å². The third-order valence-corrected chi connectivity index (χ3v) is 3.75. The van der Waals surface area contributed by atoms with Gasteiger partial charge < -0.3 is 10.4 Å². The molecule has 0 heterocycles. The minimum Gasteiger partial charge on any atom is -0.508 e. The highest BCUT2D eigenvalue weighted by atomic mass is 19.1. The molecule has 0 saturated heterocycles. The van der Waals surface area contributed by atoms with E-state index in [1.807, 2.05) is 25.1 Å². The number of aryl methyl sites for hydroxylation is 2. The van der Waals surface area contributed by atoms with Gasteiger partial charge in [-0.15, -0.1) is 0 Å². The Kier molecular flexibility index (Phi) is 5.34. The molecule has 0 aliphatic rings. The monoisotopic (exact) mass is 287 g/mol. The summed E-state index contributed by atoms with van der Waals surface area (Å²) in [7, 11) is 0. The van der Waals surface area contributed by atoms with Crippen LogP contribution in [0.1, 0.15) is 30.0 Å². The van der Waals surface area contributed by atoms with Crippen molar-refractivity contribution >= 4 is 0 Å². The van der Waals surface area contributed by atoms with E-state index in [4.69, 9.17) is 0 Å². The van der Waals surface area contributed by atoms with Crippen LogP contribution in [0.3, 0.4) is 0 Å². The van der Waals surface area contributed by atoms with Gasteiger partial charge in [-0.3, -0.25) is 0 Å². The van der Waals surface area contributed by atoms with Crippen LogP contribution in [0.15, 0.2) is 42.5 Å². The molecule has 2 aromatic rings. The second-order valence-corrected chi connectivity index (χ2v) is 5.56. The maximum atomic E-state index is 13.0. The van der Waals surface area contributed by atoms with Crippen LogP contribution in [0.25, 0.3) is 0 Å². The second kappa shape index (κ2) is 7.23. The molecule has 0 aromatic heterocycles. The van der Waals surface area contributed by atoms with Gasteiger partial charge in [0.05, 0.1) is 0 Å². The number of rotatable bonds is 6. The molecule has 1 unspecified atom stereocenters. The minimum atomic E-state index is -0.184. The Morgan fingerprint density at radius 1 is 1.14 bits per heavy atom. The summed E-state index contributed by atoms with van der Waals surface area (Å²) in [5.74, 6) is 0.119. The van der Waals surface area contributed by atoms with Gasteiger partial charge >= 0.3 is 0 Å². The molecule has 2 rings (SSSR count). The van der Waals surface area contributed by atoms with Crippen LogP contribution in [0, 0.1) is 12.7 Å². The lowest BCUT2D eigenvalue weighted by atomic mass is 10.0. The topological polar surface area (TPSA) is 32.3 Å². The van der Waals surface area contributed by atoms with E-state index in [-0.39, 0.29) is 5.82 Å². The number of phenols is 1. The molecule has 2 aromatic carbocycles. The van der Waals surface area contributed by atoms with Crippen LogP contribution in [-0.2, 0) is 13.0 Å². The Bertz CT molecular complexity index is 580. The number of halogens is 1. The maximum Gasteiger partial charge on any atom is 0.123 e. The van der Waals surface area contributed by atoms with Gasteiger partial charge in [-0.2, -0.15) is 0 Å². The molecular weight excluding hydrogens is 265 g/mol. The minimum absolute atomic E-state index is 0.184. The normalized spacial score (nSPS) is 12.3. The molecule has 0 fully saturated rings. The standard InChI is InChI=1S/C18H22FNO/c1-13-11-17(19)8-7-16(13)12-20-14(2)3-4-15-5-9-18(21)10-6-15/h5-11,14,20-21H,3-4,12H2,1-2H3. The van der Waals surface area contributed by atoms with E-state index in [1.165, 1.54) is 11.6 Å². The number of hydrogen-bond acceptors (Lipinski definition) is 2. The fourth-order valence-electron chi connectivity index (χ4n) is 2.29. The van der Waals surface area contributed by atoms with Gasteiger partial charge in [0.1, 0.15) is 11.6 Å². The van der Waals surface area contributed by atoms with Gasteiger partial charge in [0, 0.05) is 12.6 Å². The van der Waals surface area contributed by atoms with Crippen molar-refractivity contribution in [2.45, 2.75) is 39.3 Å². The van der Waals surface area contributed by atoms with Crippen LogP contribution in [-0.4, -0.2) is 11.1 Å². The number of nitrogens with one attached hydrogen (secondary N) is 1. The van der Waals surface area contributed by atoms with Gasteiger partial charge in [0.25, 0.3) is 0 Å². The molecule has 0 radical (unpaired) electrons. The van der Waals surface area contributed by atoms with E-state index >= 15 is 0 Å². The fourth-order valence-corrected chi connectivity index (χ4v) is 2.29. The second-order valence-electron chi connectivity index (χ2n) is 5.56. The van der Waals surface area contributed by atoms with E-state index in [0.717, 1.165) is 30.5 Å². The molecule has 21 heavy (non-hydrogen) atoms. The lowest BCUT2D eigenvalue weighted by Crippen LogP contribution is -2.26. The summed E-state index contributed by atoms with van der Waals surface area (Å²) in [5.41, 5.74) is 3.33. The van der Waals surface area contributed by atoms with E-state index in [9.17, 15) is 9.50 Å². The average molecular weight is 287 g/mol. The Hall–Kier alpha value is -1.87. The summed E-state index contributed by atoms with van der Waals surface area (Å²) in [6.45, 7) is 4.84. The highest BCUT2D eigenvalue weighted by Crippen LogP contribution is 2.13. The quantitative estimate of drug-likeness (QED) is 0.843. The van der Waals surface area contributed by atoms with Crippen molar-refractivity contribution in [2.75, 3.05) is 0 Å². The van der Waals surface area contributed by atoms with Crippen molar-refractivity contribution in [1.82, 2.24) is 5.32 Å². The summed E-state index contributed by atoms with van der Waals surface area (Å²) in [4.78, 5) is 0. The van der Waals surface area contributed by atoms with Crippen molar-refractivity contribution in [1.29, 1.82) is 0 Å². The molecule has 112 valence electrons. The first kappa shape index (κ1) is 15.5. The molecule has 0 saturated carbocycles. The van der Waals surface area contributed by atoms with Crippen LogP contribution in [0.5, 0.6) is 5.75 Å². The van der Waals surface area contributed by atoms with Crippen molar-refractivity contribution in [2.24, 2.45) is 0 Å². The first-order chi connectivity index (χ1) is 10.0. The molecule has 0 spiro atoms. The summed E-state index contributed by atoms with van der Waals surface area (Å²) in [6, 6.07) is 12.6. The van der Waals surface area contributed by atoms with Gasteiger partial charge in [-0.1, -0.05) is 18.2 Å². The first-order valence-electron chi connectivity index (χ1n) is 7.31. The predicted octanol–water partition coefficient (Wildman–Crippen LogP) is 3.95. The Morgan fingerprint density at radius 2 is 1.86 bits per heavy atom. The van der Waals surface area contributed by atoms with Gasteiger partial charge in [-0.05, 0) is 67.6 Å². The molecule has 2 nitrogen and oxygen atoms in total. The maximum absolute atomic E-state index is 13.0. The first-order valence-corrected chi connectivity index (χ1v) is 7.31. The Balaban J connectivity index is 1.79. The summed E-state index contributed by atoms with van der Waals surface area (Å²) in [5, 5.41) is 12.7. The lowest BCUT2D eigenvalue weighted by molar-refractivity contribution is 0.474. The van der Waals surface area contributed by atoms with E-state index in [2.05, 4.69) is 12.2 Å². The lowest BCUT2D eigenvalue weighted by Gasteiger charge is -2.15. The number of benzene rings is 2. The smallest absolute Gasteiger partial charge is 0.123 e. The predicted molar refractivity (Wildman–Crippen MR) is 83.9 cm³/mol. The van der Waals surface area contributed by atoms with E-state index in [1.54, 1.807) is 18.2 Å². The summed E-state index contributed by atoms with van der Waals surface area (Å²) < 4.78 is 13.0. The Morgan fingerprint density at radius 3 is 2.52 bits per heavy atom. The average Bonchev–Trinajstić information content (AvgIpc) is 2.46. The molecule has 0 amide bonds. The summed E-state index contributed by atoms with van der Waals surface area (Å²) >= 11 is 0. The molecule has 0 aliphatic heterocycles. The molecule has 3 heteroatoms. The molecule has 0 aliphatic carbocycles. The zero-order valence-electron chi connectivity index (χ0n) is 12.6. The molecular formula is C18H22FNO. The van der Waals surface area contributed by atoms with Gasteiger partial charge in [0.15, 0.2) is 0 Å². The van der Waals surface area contributed by atoms with Crippen molar-refractivity contribution < 1.29 is 9.50 Å². The van der Waals surface area contributed by atoms with E-state index in [0.29, 0.717) is 11.8 Å². The van der Waals surface area contributed by atoms with Gasteiger partial charge in [-0.25, -0.2) is 4.39 Å². The largest absolute Gasteiger partial charge is 0.508 e. The third kappa shape index (κ3) is 4.87. The van der Waals surface area contributed by atoms with Crippen molar-refractivity contribution in [3.05, 3.63) is 65.0 Å². The molecule has 1 atom stereocenters. The zero-order valence-corrected chi connectivity index (χ0v) is 12.6. The third-order valence-electron chi connectivity index (χ3n) is 3.75. The van der Waals surface area contributed by atoms with Crippen LogP contribution >= 0.6 is 0 Å². The van der Waals surface area contributed by atoms with Crippen LogP contribution in [0.2, 0.25) is 0 Å². The SMILES string of the molecule is Cc1cc(F)ccc1CNC(C)CCc1ccc(O)cc1. The molecule has 2 N–H and O–H groups in total. The van der Waals surface area contributed by atoms with Crippen LogP contribution < -0.4 is 5.32 Å².